The van der Waals surface area contributed by atoms with Crippen molar-refractivity contribution in [1.29, 1.82) is 0 Å². The lowest BCUT2D eigenvalue weighted by molar-refractivity contribution is -0.143. The minimum absolute atomic E-state index is 0.0220. The summed E-state index contributed by atoms with van der Waals surface area (Å²) >= 11 is 1.13. The molecule has 0 atom stereocenters. The predicted molar refractivity (Wildman–Crippen MR) is 132 cm³/mol. The van der Waals surface area contributed by atoms with Gasteiger partial charge < -0.3 is 14.0 Å². The number of carbonyl (C=O) groups excluding carboxylic acids is 3. The number of amides is 1. The Kier molecular flexibility index (Phi) is 7.38. The Balaban J connectivity index is 1.70. The fraction of sp³-hybridized carbons (Fsp3) is 0.333. The molecule has 0 radical (unpaired) electrons. The number of esters is 2. The van der Waals surface area contributed by atoms with Crippen molar-refractivity contribution in [2.45, 2.75) is 37.2 Å². The molecule has 10 nitrogen and oxygen atoms in total. The van der Waals surface area contributed by atoms with E-state index in [-0.39, 0.29) is 34.5 Å². The molecule has 36 heavy (non-hydrogen) atoms. The Bertz CT molecular complexity index is 1500. The van der Waals surface area contributed by atoms with Gasteiger partial charge in [0.2, 0.25) is 10.0 Å². The number of rotatable bonds is 8. The van der Waals surface area contributed by atoms with Gasteiger partial charge in [0.25, 0.3) is 5.91 Å². The lowest BCUT2D eigenvalue weighted by atomic mass is 10.2. The van der Waals surface area contributed by atoms with Gasteiger partial charge in [-0.2, -0.15) is 9.30 Å². The van der Waals surface area contributed by atoms with Crippen molar-refractivity contribution in [1.82, 2.24) is 8.87 Å². The van der Waals surface area contributed by atoms with Crippen LogP contribution in [0, 0.1) is 0 Å². The minimum atomic E-state index is -3.63. The maximum Gasteiger partial charge on any atom is 0.337 e. The predicted octanol–water partition coefficient (Wildman–Crippen LogP) is 2.58. The number of aromatic nitrogens is 1. The summed E-state index contributed by atoms with van der Waals surface area (Å²) in [6, 6.07) is 10.4. The van der Waals surface area contributed by atoms with E-state index < -0.39 is 27.9 Å². The Morgan fingerprint density at radius 2 is 1.78 bits per heavy atom. The van der Waals surface area contributed by atoms with Gasteiger partial charge in [0.1, 0.15) is 6.54 Å². The first kappa shape index (κ1) is 25.7. The Hall–Kier alpha value is -3.35. The second-order valence-corrected chi connectivity index (χ2v) is 11.2. The zero-order valence-corrected chi connectivity index (χ0v) is 21.6. The number of fused-ring (bicyclic) bond motifs is 1. The molecule has 3 aromatic rings. The SMILES string of the molecule is CCOC(=O)Cn1c(=NC(=O)c2ccc(S(=O)(=O)N(C)C3CC3)cc2)sc2cc(C(=O)OC)ccc21. The summed E-state index contributed by atoms with van der Waals surface area (Å²) in [5.41, 5.74) is 1.11. The van der Waals surface area contributed by atoms with Gasteiger partial charge in [-0.25, -0.2) is 13.2 Å². The molecule has 0 unspecified atom stereocenters. The maximum atomic E-state index is 13.0. The first-order chi connectivity index (χ1) is 17.1. The van der Waals surface area contributed by atoms with Gasteiger partial charge in [-0.15, -0.1) is 0 Å². The third kappa shape index (κ3) is 5.25. The van der Waals surface area contributed by atoms with E-state index in [1.165, 1.54) is 35.7 Å². The molecule has 1 heterocycles. The molecule has 1 aromatic heterocycles. The quantitative estimate of drug-likeness (QED) is 0.409. The van der Waals surface area contributed by atoms with Crippen LogP contribution in [-0.4, -0.2) is 61.9 Å². The number of nitrogens with zero attached hydrogens (tertiary/aromatic N) is 3. The van der Waals surface area contributed by atoms with Crippen LogP contribution in [0.2, 0.25) is 0 Å². The lowest BCUT2D eigenvalue weighted by Crippen LogP contribution is -2.28. The molecule has 1 saturated carbocycles. The normalized spacial score (nSPS) is 14.3. The van der Waals surface area contributed by atoms with Crippen LogP contribution < -0.4 is 4.80 Å². The second kappa shape index (κ2) is 10.3. The molecule has 190 valence electrons. The zero-order chi connectivity index (χ0) is 26.0. The van der Waals surface area contributed by atoms with Crippen molar-refractivity contribution >= 4 is 49.4 Å². The monoisotopic (exact) mass is 531 g/mol. The first-order valence-corrected chi connectivity index (χ1v) is 13.5. The van der Waals surface area contributed by atoms with Crippen molar-refractivity contribution in [2.24, 2.45) is 4.99 Å². The highest BCUT2D eigenvalue weighted by Gasteiger charge is 2.35. The summed E-state index contributed by atoms with van der Waals surface area (Å²) in [7, 11) is -0.801. The van der Waals surface area contributed by atoms with Crippen LogP contribution >= 0.6 is 11.3 Å². The molecule has 1 amide bonds. The number of sulfonamides is 1. The fourth-order valence-corrected chi connectivity index (χ4v) is 6.10. The van der Waals surface area contributed by atoms with Crippen molar-refractivity contribution in [2.75, 3.05) is 20.8 Å². The van der Waals surface area contributed by atoms with Crippen LogP contribution in [0.4, 0.5) is 0 Å². The standard InChI is InChI=1S/C24H25N3O7S2/c1-4-34-21(28)14-27-19-12-7-16(23(30)33-3)13-20(19)35-24(27)25-22(29)15-5-10-18(11-6-15)36(31,32)26(2)17-8-9-17/h5-7,10-13,17H,4,8-9,14H2,1-3H3. The lowest BCUT2D eigenvalue weighted by Gasteiger charge is -2.16. The summed E-state index contributed by atoms with van der Waals surface area (Å²) in [4.78, 5) is 41.7. The molecular weight excluding hydrogens is 506 g/mol. The Morgan fingerprint density at radius 3 is 2.39 bits per heavy atom. The number of carbonyl (C=O) groups is 3. The molecule has 2 aromatic carbocycles. The number of hydrogen-bond acceptors (Lipinski definition) is 8. The number of methoxy groups -OCH3 is 1. The molecule has 0 bridgehead atoms. The van der Waals surface area contributed by atoms with E-state index >= 15 is 0 Å². The van der Waals surface area contributed by atoms with Crippen LogP contribution in [-0.2, 0) is 30.8 Å². The summed E-state index contributed by atoms with van der Waals surface area (Å²) in [5.74, 6) is -1.62. The molecule has 0 aliphatic heterocycles. The third-order valence-electron chi connectivity index (χ3n) is 5.73. The summed E-state index contributed by atoms with van der Waals surface area (Å²) in [6.07, 6.45) is 1.68. The van der Waals surface area contributed by atoms with E-state index in [1.54, 1.807) is 36.7 Å². The van der Waals surface area contributed by atoms with E-state index in [0.29, 0.717) is 15.8 Å². The van der Waals surface area contributed by atoms with Gasteiger partial charge >= 0.3 is 11.9 Å². The van der Waals surface area contributed by atoms with Gasteiger partial charge in [0.05, 0.1) is 34.4 Å². The van der Waals surface area contributed by atoms with Gasteiger partial charge in [0.15, 0.2) is 4.80 Å². The average Bonchev–Trinajstić information content (AvgIpc) is 3.66. The third-order valence-corrected chi connectivity index (χ3v) is 8.70. The van der Waals surface area contributed by atoms with Gasteiger partial charge in [-0.3, -0.25) is 9.59 Å². The van der Waals surface area contributed by atoms with Crippen LogP contribution in [0.1, 0.15) is 40.5 Å². The van der Waals surface area contributed by atoms with Crippen molar-refractivity contribution in [3.8, 4) is 0 Å². The molecule has 12 heteroatoms. The van der Waals surface area contributed by atoms with E-state index in [4.69, 9.17) is 9.47 Å². The van der Waals surface area contributed by atoms with E-state index in [9.17, 15) is 22.8 Å². The highest BCUT2D eigenvalue weighted by molar-refractivity contribution is 7.89. The Morgan fingerprint density at radius 1 is 1.11 bits per heavy atom. The summed E-state index contributed by atoms with van der Waals surface area (Å²) in [5, 5.41) is 0. The largest absolute Gasteiger partial charge is 0.465 e. The smallest absolute Gasteiger partial charge is 0.337 e. The van der Waals surface area contributed by atoms with Gasteiger partial charge in [-0.1, -0.05) is 11.3 Å². The Labute approximate surface area is 211 Å². The van der Waals surface area contributed by atoms with Gasteiger partial charge in [-0.05, 0) is 62.2 Å². The number of ether oxygens (including phenoxy) is 2. The number of hydrogen-bond donors (Lipinski definition) is 0. The maximum absolute atomic E-state index is 13.0. The summed E-state index contributed by atoms with van der Waals surface area (Å²) in [6.45, 7) is 1.71. The molecule has 0 saturated heterocycles. The molecule has 1 aliphatic carbocycles. The molecule has 4 rings (SSSR count). The number of thiazole rings is 1. The fourth-order valence-electron chi connectivity index (χ4n) is 3.61. The average molecular weight is 532 g/mol. The van der Waals surface area contributed by atoms with Gasteiger partial charge in [0, 0.05) is 18.7 Å². The number of benzene rings is 2. The van der Waals surface area contributed by atoms with Crippen LogP contribution in [0.25, 0.3) is 10.2 Å². The topological polar surface area (TPSA) is 124 Å². The molecule has 1 fully saturated rings. The van der Waals surface area contributed by atoms with E-state index in [0.717, 1.165) is 24.2 Å². The molecular formula is C24H25N3O7S2. The first-order valence-electron chi connectivity index (χ1n) is 11.2. The molecule has 0 spiro atoms. The second-order valence-electron chi connectivity index (χ2n) is 8.14. The summed E-state index contributed by atoms with van der Waals surface area (Å²) < 4.78 is 38.8. The van der Waals surface area contributed by atoms with E-state index in [2.05, 4.69) is 4.99 Å². The van der Waals surface area contributed by atoms with E-state index in [1.807, 2.05) is 0 Å². The molecule has 1 aliphatic rings. The molecule has 0 N–H and O–H groups in total. The van der Waals surface area contributed by atoms with Crippen molar-refractivity contribution < 1.29 is 32.3 Å². The zero-order valence-electron chi connectivity index (χ0n) is 20.0. The minimum Gasteiger partial charge on any atom is -0.465 e. The van der Waals surface area contributed by atoms with Crippen molar-refractivity contribution in [3.05, 3.63) is 58.4 Å². The highest BCUT2D eigenvalue weighted by Crippen LogP contribution is 2.30. The van der Waals surface area contributed by atoms with Crippen LogP contribution in [0.3, 0.4) is 0 Å². The highest BCUT2D eigenvalue weighted by atomic mass is 32.2. The van der Waals surface area contributed by atoms with Crippen molar-refractivity contribution in [3.63, 3.8) is 0 Å². The van der Waals surface area contributed by atoms with Crippen LogP contribution in [0.15, 0.2) is 52.4 Å². The van der Waals surface area contributed by atoms with Crippen LogP contribution in [0.5, 0.6) is 0 Å².